The maximum absolute atomic E-state index is 14.4. The molecule has 0 unspecified atom stereocenters. The van der Waals surface area contributed by atoms with E-state index in [-0.39, 0.29) is 29.3 Å². The SMILES string of the molecule is C[C@@H](O)CNc1nnc(-c2ccc(C(F)(F)F)cc2OC(F)F)c2c(F)ccn12. The molecule has 0 aliphatic rings. The first-order valence-corrected chi connectivity index (χ1v) is 8.19. The van der Waals surface area contributed by atoms with Crippen LogP contribution in [0.5, 0.6) is 5.75 Å². The van der Waals surface area contributed by atoms with Gasteiger partial charge in [0, 0.05) is 18.3 Å². The van der Waals surface area contributed by atoms with Gasteiger partial charge in [0.25, 0.3) is 0 Å². The topological polar surface area (TPSA) is 71.7 Å². The monoisotopic (exact) mass is 420 g/mol. The van der Waals surface area contributed by atoms with Crippen molar-refractivity contribution in [3.8, 4) is 17.0 Å². The fraction of sp³-hybridized carbons (Fsp3) is 0.294. The molecule has 0 radical (unpaired) electrons. The highest BCUT2D eigenvalue weighted by molar-refractivity contribution is 5.82. The molecule has 1 aromatic carbocycles. The number of halogens is 6. The number of alkyl halides is 5. The Kier molecular flexibility index (Phi) is 5.55. The summed E-state index contributed by atoms with van der Waals surface area (Å²) in [5.41, 5.74) is -2.02. The minimum atomic E-state index is -4.80. The Hall–Kier alpha value is -3.02. The van der Waals surface area contributed by atoms with Crippen LogP contribution in [0.15, 0.2) is 30.5 Å². The molecule has 156 valence electrons. The number of benzene rings is 1. The maximum atomic E-state index is 14.4. The fourth-order valence-corrected chi connectivity index (χ4v) is 2.63. The van der Waals surface area contributed by atoms with Gasteiger partial charge in [-0.15, -0.1) is 10.2 Å². The van der Waals surface area contributed by atoms with Gasteiger partial charge in [-0.3, -0.25) is 4.40 Å². The van der Waals surface area contributed by atoms with E-state index in [0.29, 0.717) is 12.1 Å². The summed E-state index contributed by atoms with van der Waals surface area (Å²) in [5, 5.41) is 19.7. The van der Waals surface area contributed by atoms with Gasteiger partial charge in [-0.05, 0) is 31.2 Å². The van der Waals surface area contributed by atoms with E-state index in [9.17, 15) is 31.4 Å². The summed E-state index contributed by atoms with van der Waals surface area (Å²) in [5.74, 6) is -1.59. The molecular formula is C17H14F6N4O2. The van der Waals surface area contributed by atoms with Crippen LogP contribution in [-0.4, -0.2) is 39.0 Å². The van der Waals surface area contributed by atoms with Gasteiger partial charge < -0.3 is 15.2 Å². The van der Waals surface area contributed by atoms with Gasteiger partial charge in [-0.25, -0.2) is 4.39 Å². The van der Waals surface area contributed by atoms with Gasteiger partial charge in [-0.1, -0.05) is 0 Å². The molecule has 2 N–H and O–H groups in total. The number of fused-ring (bicyclic) bond motifs is 1. The summed E-state index contributed by atoms with van der Waals surface area (Å²) in [4.78, 5) is 0. The summed E-state index contributed by atoms with van der Waals surface area (Å²) in [6.07, 6.45) is -4.28. The minimum absolute atomic E-state index is 0.0387. The van der Waals surface area contributed by atoms with Crippen LogP contribution in [0, 0.1) is 5.82 Å². The maximum Gasteiger partial charge on any atom is 0.416 e. The average molecular weight is 420 g/mol. The lowest BCUT2D eigenvalue weighted by molar-refractivity contribution is -0.138. The number of aromatic nitrogens is 3. The first-order valence-electron chi connectivity index (χ1n) is 8.19. The lowest BCUT2D eigenvalue weighted by atomic mass is 10.1. The number of aliphatic hydroxyl groups is 1. The number of rotatable bonds is 6. The summed E-state index contributed by atoms with van der Waals surface area (Å²) < 4.78 is 84.2. The predicted molar refractivity (Wildman–Crippen MR) is 90.2 cm³/mol. The molecule has 2 heterocycles. The van der Waals surface area contributed by atoms with Gasteiger partial charge >= 0.3 is 12.8 Å². The van der Waals surface area contributed by atoms with Crippen molar-refractivity contribution in [2.45, 2.75) is 25.8 Å². The summed E-state index contributed by atoms with van der Waals surface area (Å²) in [6, 6.07) is 2.94. The van der Waals surface area contributed by atoms with Crippen molar-refractivity contribution in [2.24, 2.45) is 0 Å². The standard InChI is InChI=1S/C17H14F6N4O2/c1-8(28)7-24-16-26-25-13(14-11(18)4-5-27(14)16)10-3-2-9(17(21,22)23)6-12(10)29-15(19)20/h2-6,8,15,28H,7H2,1H3,(H,24,26)/t8-/m1/s1. The van der Waals surface area contributed by atoms with E-state index in [2.05, 4.69) is 20.3 Å². The highest BCUT2D eigenvalue weighted by Crippen LogP contribution is 2.39. The zero-order valence-electron chi connectivity index (χ0n) is 14.7. The smallest absolute Gasteiger partial charge is 0.416 e. The van der Waals surface area contributed by atoms with Crippen LogP contribution in [-0.2, 0) is 6.18 Å². The third-order valence-corrected chi connectivity index (χ3v) is 3.87. The van der Waals surface area contributed by atoms with E-state index in [4.69, 9.17) is 0 Å². The van der Waals surface area contributed by atoms with Crippen LogP contribution in [0.25, 0.3) is 16.8 Å². The molecule has 0 aliphatic heterocycles. The largest absolute Gasteiger partial charge is 0.434 e. The summed E-state index contributed by atoms with van der Waals surface area (Å²) in [6.45, 7) is -1.86. The van der Waals surface area contributed by atoms with Gasteiger partial charge in [0.05, 0.1) is 11.7 Å². The van der Waals surface area contributed by atoms with Crippen molar-refractivity contribution in [3.05, 3.63) is 41.8 Å². The lowest BCUT2D eigenvalue weighted by Crippen LogP contribution is -2.18. The van der Waals surface area contributed by atoms with Gasteiger partial charge in [0.1, 0.15) is 17.0 Å². The first-order chi connectivity index (χ1) is 13.6. The third-order valence-electron chi connectivity index (χ3n) is 3.87. The Morgan fingerprint density at radius 2 is 1.93 bits per heavy atom. The van der Waals surface area contributed by atoms with Crippen LogP contribution < -0.4 is 10.1 Å². The molecule has 0 fully saturated rings. The molecule has 29 heavy (non-hydrogen) atoms. The van der Waals surface area contributed by atoms with Crippen LogP contribution >= 0.6 is 0 Å². The lowest BCUT2D eigenvalue weighted by Gasteiger charge is -2.15. The van der Waals surface area contributed by atoms with Crippen molar-refractivity contribution in [1.29, 1.82) is 0 Å². The number of nitrogens with one attached hydrogen (secondary N) is 1. The Morgan fingerprint density at radius 1 is 1.21 bits per heavy atom. The molecular weight excluding hydrogens is 406 g/mol. The quantitative estimate of drug-likeness (QED) is 0.591. The highest BCUT2D eigenvalue weighted by Gasteiger charge is 2.32. The average Bonchev–Trinajstić information content (AvgIpc) is 3.01. The van der Waals surface area contributed by atoms with Gasteiger partial charge in [-0.2, -0.15) is 22.0 Å². The van der Waals surface area contributed by atoms with Crippen LogP contribution in [0.4, 0.5) is 32.3 Å². The number of anilines is 1. The number of hydrogen-bond acceptors (Lipinski definition) is 5. The Labute approximate surface area is 159 Å². The number of nitrogens with zero attached hydrogens (tertiary/aromatic N) is 3. The predicted octanol–water partition coefficient (Wildman–Crippen LogP) is 3.95. The summed E-state index contributed by atoms with van der Waals surface area (Å²) >= 11 is 0. The van der Waals surface area contributed by atoms with Gasteiger partial charge in [0.15, 0.2) is 5.82 Å². The van der Waals surface area contributed by atoms with Crippen LogP contribution in [0.1, 0.15) is 12.5 Å². The van der Waals surface area contributed by atoms with E-state index in [0.717, 1.165) is 12.1 Å². The second-order valence-electron chi connectivity index (χ2n) is 6.07. The first kappa shape index (κ1) is 20.7. The molecule has 0 aliphatic carbocycles. The molecule has 3 aromatic rings. The van der Waals surface area contributed by atoms with Crippen molar-refractivity contribution < 1.29 is 36.2 Å². The molecule has 6 nitrogen and oxygen atoms in total. The zero-order chi connectivity index (χ0) is 21.3. The van der Waals surface area contributed by atoms with E-state index in [1.54, 1.807) is 0 Å². The Morgan fingerprint density at radius 3 is 2.55 bits per heavy atom. The summed E-state index contributed by atoms with van der Waals surface area (Å²) in [7, 11) is 0. The van der Waals surface area contributed by atoms with Crippen molar-refractivity contribution in [3.63, 3.8) is 0 Å². The molecule has 0 spiro atoms. The molecule has 0 bridgehead atoms. The van der Waals surface area contributed by atoms with Crippen molar-refractivity contribution >= 4 is 11.5 Å². The molecule has 0 saturated heterocycles. The third kappa shape index (κ3) is 4.36. The molecule has 0 amide bonds. The Bertz CT molecular complexity index is 1020. The van der Waals surface area contributed by atoms with Crippen LogP contribution in [0.3, 0.4) is 0 Å². The van der Waals surface area contributed by atoms with Crippen molar-refractivity contribution in [2.75, 3.05) is 11.9 Å². The van der Waals surface area contributed by atoms with E-state index >= 15 is 0 Å². The second kappa shape index (κ2) is 7.78. The highest BCUT2D eigenvalue weighted by atomic mass is 19.4. The molecule has 2 aromatic heterocycles. The zero-order valence-corrected chi connectivity index (χ0v) is 14.7. The van der Waals surface area contributed by atoms with E-state index < -0.39 is 36.0 Å². The molecule has 1 atom stereocenters. The number of ether oxygens (including phenoxy) is 1. The molecule has 3 rings (SSSR count). The van der Waals surface area contributed by atoms with Gasteiger partial charge in [0.2, 0.25) is 5.95 Å². The van der Waals surface area contributed by atoms with Crippen molar-refractivity contribution in [1.82, 2.24) is 14.6 Å². The normalized spacial score (nSPS) is 13.1. The van der Waals surface area contributed by atoms with E-state index in [1.807, 2.05) is 0 Å². The molecule has 0 saturated carbocycles. The van der Waals surface area contributed by atoms with Crippen LogP contribution in [0.2, 0.25) is 0 Å². The second-order valence-corrected chi connectivity index (χ2v) is 6.07. The molecule has 12 heteroatoms. The Balaban J connectivity index is 2.17. The number of aliphatic hydroxyl groups excluding tert-OH is 1. The van der Waals surface area contributed by atoms with E-state index in [1.165, 1.54) is 17.5 Å². The fourth-order valence-electron chi connectivity index (χ4n) is 2.63. The minimum Gasteiger partial charge on any atom is -0.434 e. The number of hydrogen-bond donors (Lipinski definition) is 2.